The molecule has 1 aromatic heterocycles. The van der Waals surface area contributed by atoms with Gasteiger partial charge in [-0.15, -0.1) is 0 Å². The Bertz CT molecular complexity index is 850. The first-order valence-electron chi connectivity index (χ1n) is 8.13. The van der Waals surface area contributed by atoms with Crippen LogP contribution < -0.4 is 14.8 Å². The summed E-state index contributed by atoms with van der Waals surface area (Å²) in [6.07, 6.45) is 1.66. The molecular formula is C20H19Cl2NO3. The molecule has 0 spiro atoms. The van der Waals surface area contributed by atoms with Crippen LogP contribution in [0.2, 0.25) is 10.0 Å². The molecule has 0 unspecified atom stereocenters. The minimum Gasteiger partial charge on any atom is -0.493 e. The van der Waals surface area contributed by atoms with Crippen LogP contribution in [0.25, 0.3) is 0 Å². The van der Waals surface area contributed by atoms with E-state index in [1.165, 1.54) is 0 Å². The number of methoxy groups -OCH3 is 1. The summed E-state index contributed by atoms with van der Waals surface area (Å²) in [6.45, 7) is 1.57. The number of halogens is 2. The maximum absolute atomic E-state index is 6.23. The van der Waals surface area contributed by atoms with Gasteiger partial charge in [0.25, 0.3) is 0 Å². The van der Waals surface area contributed by atoms with E-state index >= 15 is 0 Å². The van der Waals surface area contributed by atoms with Crippen LogP contribution in [0.4, 0.5) is 0 Å². The zero-order valence-electron chi connectivity index (χ0n) is 14.3. The van der Waals surface area contributed by atoms with Crippen molar-refractivity contribution in [3.8, 4) is 11.5 Å². The lowest BCUT2D eigenvalue weighted by Crippen LogP contribution is -2.13. The van der Waals surface area contributed by atoms with E-state index in [2.05, 4.69) is 5.32 Å². The van der Waals surface area contributed by atoms with Crippen molar-refractivity contribution in [3.05, 3.63) is 81.7 Å². The highest BCUT2D eigenvalue weighted by Gasteiger charge is 2.12. The molecule has 0 saturated carbocycles. The van der Waals surface area contributed by atoms with Crippen molar-refractivity contribution in [1.82, 2.24) is 5.32 Å². The molecule has 1 N–H and O–H groups in total. The number of hydrogen-bond acceptors (Lipinski definition) is 4. The molecule has 0 radical (unpaired) electrons. The Labute approximate surface area is 162 Å². The number of para-hydroxylation sites is 1. The fourth-order valence-corrected chi connectivity index (χ4v) is 3.01. The highest BCUT2D eigenvalue weighted by Crippen LogP contribution is 2.32. The first-order chi connectivity index (χ1) is 12.7. The van der Waals surface area contributed by atoms with Crippen LogP contribution in [0.15, 0.2) is 59.2 Å². The lowest BCUT2D eigenvalue weighted by Gasteiger charge is -2.16. The van der Waals surface area contributed by atoms with E-state index in [1.807, 2.05) is 36.4 Å². The molecule has 0 saturated heterocycles. The summed E-state index contributed by atoms with van der Waals surface area (Å²) in [6, 6.07) is 15.0. The third-order valence-electron chi connectivity index (χ3n) is 3.86. The molecule has 0 aliphatic rings. The number of ether oxygens (including phenoxy) is 2. The van der Waals surface area contributed by atoms with Crippen LogP contribution in [0.5, 0.6) is 11.5 Å². The van der Waals surface area contributed by atoms with E-state index in [9.17, 15) is 0 Å². The van der Waals surface area contributed by atoms with Gasteiger partial charge in [-0.1, -0.05) is 41.4 Å². The Morgan fingerprint density at radius 3 is 2.62 bits per heavy atom. The Morgan fingerprint density at radius 1 is 1.00 bits per heavy atom. The molecule has 3 rings (SSSR count). The highest BCUT2D eigenvalue weighted by atomic mass is 35.5. The molecule has 6 heteroatoms. The standard InChI is InChI=1S/C20H19Cl2NO3/c1-24-19-6-2-4-14(11-23-12-17-5-3-9-25-17)20(19)26-13-15-7-8-16(21)10-18(15)22/h2-10,23H,11-13H2,1H3. The van der Waals surface area contributed by atoms with Crippen LogP contribution in [-0.2, 0) is 19.7 Å². The quantitative estimate of drug-likeness (QED) is 0.553. The largest absolute Gasteiger partial charge is 0.493 e. The minimum atomic E-state index is 0.321. The summed E-state index contributed by atoms with van der Waals surface area (Å²) in [5.41, 5.74) is 1.84. The molecule has 2 aromatic carbocycles. The van der Waals surface area contributed by atoms with E-state index < -0.39 is 0 Å². The van der Waals surface area contributed by atoms with E-state index in [-0.39, 0.29) is 0 Å². The summed E-state index contributed by atoms with van der Waals surface area (Å²) >= 11 is 12.2. The first-order valence-corrected chi connectivity index (χ1v) is 8.88. The fraction of sp³-hybridized carbons (Fsp3) is 0.200. The molecule has 0 aliphatic carbocycles. The summed E-state index contributed by atoms with van der Waals surface area (Å²) in [5.74, 6) is 2.24. The van der Waals surface area contributed by atoms with Crippen LogP contribution in [0.1, 0.15) is 16.9 Å². The van der Waals surface area contributed by atoms with Gasteiger partial charge in [0.2, 0.25) is 0 Å². The van der Waals surface area contributed by atoms with Gasteiger partial charge in [-0.2, -0.15) is 0 Å². The summed E-state index contributed by atoms with van der Waals surface area (Å²) in [5, 5.41) is 4.51. The maximum Gasteiger partial charge on any atom is 0.166 e. The van der Waals surface area contributed by atoms with E-state index in [0.29, 0.717) is 41.2 Å². The monoisotopic (exact) mass is 391 g/mol. The molecule has 0 fully saturated rings. The Hall–Kier alpha value is -2.14. The number of furan rings is 1. The third-order valence-corrected chi connectivity index (χ3v) is 4.45. The molecule has 1 heterocycles. The second-order valence-corrected chi connectivity index (χ2v) is 6.50. The second kappa shape index (κ2) is 8.99. The zero-order valence-corrected chi connectivity index (χ0v) is 15.8. The highest BCUT2D eigenvalue weighted by molar-refractivity contribution is 6.35. The van der Waals surface area contributed by atoms with Gasteiger partial charge in [0.15, 0.2) is 11.5 Å². The molecular weight excluding hydrogens is 373 g/mol. The molecule has 0 bridgehead atoms. The van der Waals surface area contributed by atoms with Gasteiger partial charge in [-0.25, -0.2) is 0 Å². The molecule has 26 heavy (non-hydrogen) atoms. The number of nitrogens with one attached hydrogen (secondary N) is 1. The SMILES string of the molecule is COc1cccc(CNCc2ccco2)c1OCc1ccc(Cl)cc1Cl. The van der Waals surface area contributed by atoms with Gasteiger partial charge in [0, 0.05) is 27.7 Å². The van der Waals surface area contributed by atoms with Gasteiger partial charge in [-0.05, 0) is 30.3 Å². The third kappa shape index (κ3) is 4.73. The smallest absolute Gasteiger partial charge is 0.166 e. The van der Waals surface area contributed by atoms with Crippen molar-refractivity contribution in [1.29, 1.82) is 0 Å². The molecule has 3 aromatic rings. The number of benzene rings is 2. The summed E-state index contributed by atoms with van der Waals surface area (Å²) < 4.78 is 16.8. The van der Waals surface area contributed by atoms with E-state index in [1.54, 1.807) is 25.5 Å². The van der Waals surface area contributed by atoms with Crippen molar-refractivity contribution in [2.24, 2.45) is 0 Å². The van der Waals surface area contributed by atoms with Crippen molar-refractivity contribution in [2.75, 3.05) is 7.11 Å². The van der Waals surface area contributed by atoms with Crippen molar-refractivity contribution in [3.63, 3.8) is 0 Å². The summed E-state index contributed by atoms with van der Waals surface area (Å²) in [4.78, 5) is 0. The zero-order chi connectivity index (χ0) is 18.4. The van der Waals surface area contributed by atoms with Crippen LogP contribution in [0.3, 0.4) is 0 Å². The predicted octanol–water partition coefficient (Wildman–Crippen LogP) is 5.46. The summed E-state index contributed by atoms with van der Waals surface area (Å²) in [7, 11) is 1.62. The Kier molecular flexibility index (Phi) is 6.45. The lowest BCUT2D eigenvalue weighted by atomic mass is 10.1. The number of hydrogen-bond donors (Lipinski definition) is 1. The van der Waals surface area contributed by atoms with E-state index in [0.717, 1.165) is 16.9 Å². The van der Waals surface area contributed by atoms with Crippen LogP contribution >= 0.6 is 23.2 Å². The minimum absolute atomic E-state index is 0.321. The maximum atomic E-state index is 6.23. The lowest BCUT2D eigenvalue weighted by molar-refractivity contribution is 0.280. The topological polar surface area (TPSA) is 43.6 Å². The van der Waals surface area contributed by atoms with Crippen molar-refractivity contribution < 1.29 is 13.9 Å². The van der Waals surface area contributed by atoms with Gasteiger partial charge in [0.1, 0.15) is 12.4 Å². The Balaban J connectivity index is 1.71. The van der Waals surface area contributed by atoms with Crippen molar-refractivity contribution in [2.45, 2.75) is 19.7 Å². The molecule has 0 amide bonds. The van der Waals surface area contributed by atoms with Gasteiger partial charge < -0.3 is 19.2 Å². The van der Waals surface area contributed by atoms with Gasteiger partial charge >= 0.3 is 0 Å². The first kappa shape index (κ1) is 18.6. The average Bonchev–Trinajstić information content (AvgIpc) is 3.15. The molecule has 136 valence electrons. The van der Waals surface area contributed by atoms with Gasteiger partial charge in [0.05, 0.1) is 19.9 Å². The van der Waals surface area contributed by atoms with Crippen LogP contribution in [0, 0.1) is 0 Å². The van der Waals surface area contributed by atoms with Crippen LogP contribution in [-0.4, -0.2) is 7.11 Å². The average molecular weight is 392 g/mol. The molecule has 0 aliphatic heterocycles. The molecule has 0 atom stereocenters. The van der Waals surface area contributed by atoms with Crippen molar-refractivity contribution >= 4 is 23.2 Å². The fourth-order valence-electron chi connectivity index (χ4n) is 2.55. The number of rotatable bonds is 8. The van der Waals surface area contributed by atoms with E-state index in [4.69, 9.17) is 37.1 Å². The second-order valence-electron chi connectivity index (χ2n) is 5.66. The predicted molar refractivity (Wildman–Crippen MR) is 103 cm³/mol. The normalized spacial score (nSPS) is 10.7. The molecule has 4 nitrogen and oxygen atoms in total. The van der Waals surface area contributed by atoms with Gasteiger partial charge in [-0.3, -0.25) is 0 Å². The Morgan fingerprint density at radius 2 is 1.88 bits per heavy atom.